The average molecular weight is 191 g/mol. The van der Waals surface area contributed by atoms with Gasteiger partial charge in [-0.25, -0.2) is 4.39 Å². The Morgan fingerprint density at radius 2 is 2.29 bits per heavy atom. The lowest BCUT2D eigenvalue weighted by Crippen LogP contribution is -2.01. The minimum atomic E-state index is -0.155. The maximum Gasteiger partial charge on any atom is 0.132 e. The number of hydrogen-bond acceptors (Lipinski definition) is 1. The SMILES string of the molecule is Fc1cccc2c1ccn2CC1CO1. The molecule has 1 aromatic heterocycles. The van der Waals surface area contributed by atoms with Crippen LogP contribution in [-0.2, 0) is 11.3 Å². The average Bonchev–Trinajstić information content (AvgIpc) is 2.88. The van der Waals surface area contributed by atoms with Crippen LogP contribution in [0.5, 0.6) is 0 Å². The van der Waals surface area contributed by atoms with E-state index in [1.807, 2.05) is 22.9 Å². The Kier molecular flexibility index (Phi) is 1.61. The molecule has 0 bridgehead atoms. The zero-order chi connectivity index (χ0) is 9.54. The standard InChI is InChI=1S/C11H10FNO/c12-10-2-1-3-11-9(10)4-5-13(11)6-8-7-14-8/h1-5,8H,6-7H2. The summed E-state index contributed by atoms with van der Waals surface area (Å²) in [6, 6.07) is 6.97. The molecule has 1 aliphatic heterocycles. The minimum Gasteiger partial charge on any atom is -0.371 e. The van der Waals surface area contributed by atoms with Gasteiger partial charge in [-0.15, -0.1) is 0 Å². The van der Waals surface area contributed by atoms with Crippen molar-refractivity contribution in [2.75, 3.05) is 6.61 Å². The van der Waals surface area contributed by atoms with Gasteiger partial charge in [0, 0.05) is 11.6 Å². The third kappa shape index (κ3) is 1.21. The number of fused-ring (bicyclic) bond motifs is 1. The Balaban J connectivity index is 2.10. The second kappa shape index (κ2) is 2.82. The van der Waals surface area contributed by atoms with Crippen LogP contribution in [0, 0.1) is 5.82 Å². The first-order valence-corrected chi connectivity index (χ1v) is 4.69. The smallest absolute Gasteiger partial charge is 0.132 e. The van der Waals surface area contributed by atoms with Gasteiger partial charge in [0.25, 0.3) is 0 Å². The molecule has 1 aliphatic rings. The van der Waals surface area contributed by atoms with Gasteiger partial charge in [0.05, 0.1) is 24.8 Å². The molecular weight excluding hydrogens is 181 g/mol. The molecule has 0 saturated carbocycles. The van der Waals surface area contributed by atoms with Gasteiger partial charge in [-0.3, -0.25) is 0 Å². The lowest BCUT2D eigenvalue weighted by molar-refractivity contribution is 0.385. The van der Waals surface area contributed by atoms with Gasteiger partial charge < -0.3 is 9.30 Å². The van der Waals surface area contributed by atoms with Crippen LogP contribution in [0.4, 0.5) is 4.39 Å². The third-order valence-electron chi connectivity index (χ3n) is 2.56. The van der Waals surface area contributed by atoms with Gasteiger partial charge >= 0.3 is 0 Å². The van der Waals surface area contributed by atoms with Gasteiger partial charge in [-0.1, -0.05) is 6.07 Å². The van der Waals surface area contributed by atoms with Crippen molar-refractivity contribution in [3.05, 3.63) is 36.3 Å². The summed E-state index contributed by atoms with van der Waals surface area (Å²) in [5.41, 5.74) is 0.945. The minimum absolute atomic E-state index is 0.155. The third-order valence-corrected chi connectivity index (χ3v) is 2.56. The number of benzene rings is 1. The van der Waals surface area contributed by atoms with E-state index in [1.54, 1.807) is 6.07 Å². The molecule has 0 amide bonds. The lowest BCUT2D eigenvalue weighted by Gasteiger charge is -2.01. The molecule has 14 heavy (non-hydrogen) atoms. The van der Waals surface area contributed by atoms with Crippen LogP contribution in [0.15, 0.2) is 30.5 Å². The molecule has 1 fully saturated rings. The highest BCUT2D eigenvalue weighted by molar-refractivity contribution is 5.80. The molecule has 0 N–H and O–H groups in total. The Morgan fingerprint density at radius 1 is 1.43 bits per heavy atom. The molecule has 2 nitrogen and oxygen atoms in total. The maximum absolute atomic E-state index is 13.3. The Labute approximate surface area is 80.9 Å². The van der Waals surface area contributed by atoms with Crippen molar-refractivity contribution in [3.63, 3.8) is 0 Å². The Morgan fingerprint density at radius 3 is 3.07 bits per heavy atom. The van der Waals surface area contributed by atoms with Crippen LogP contribution in [0.3, 0.4) is 0 Å². The largest absolute Gasteiger partial charge is 0.371 e. The van der Waals surface area contributed by atoms with Crippen molar-refractivity contribution in [1.82, 2.24) is 4.57 Å². The van der Waals surface area contributed by atoms with Crippen LogP contribution < -0.4 is 0 Å². The molecule has 3 heteroatoms. The zero-order valence-corrected chi connectivity index (χ0v) is 7.61. The number of epoxide rings is 1. The summed E-state index contributed by atoms with van der Waals surface area (Å²) in [5.74, 6) is -0.155. The first kappa shape index (κ1) is 8.00. The van der Waals surface area contributed by atoms with E-state index < -0.39 is 0 Å². The predicted molar refractivity (Wildman–Crippen MR) is 51.6 cm³/mol. The number of hydrogen-bond donors (Lipinski definition) is 0. The van der Waals surface area contributed by atoms with Gasteiger partial charge in [0.2, 0.25) is 0 Å². The van der Waals surface area contributed by atoms with E-state index in [-0.39, 0.29) is 5.82 Å². The second-order valence-corrected chi connectivity index (χ2v) is 3.60. The molecule has 1 saturated heterocycles. The van der Waals surface area contributed by atoms with Crippen LogP contribution in [-0.4, -0.2) is 17.3 Å². The molecule has 2 heterocycles. The van der Waals surface area contributed by atoms with E-state index in [9.17, 15) is 4.39 Å². The quantitative estimate of drug-likeness (QED) is 0.665. The zero-order valence-electron chi connectivity index (χ0n) is 7.61. The summed E-state index contributed by atoms with van der Waals surface area (Å²) in [5, 5.41) is 0.688. The molecule has 1 atom stereocenters. The number of ether oxygens (including phenoxy) is 1. The summed E-state index contributed by atoms with van der Waals surface area (Å²) < 4.78 is 20.5. The number of rotatable bonds is 2. The van der Waals surface area contributed by atoms with Crippen LogP contribution in [0.1, 0.15) is 0 Å². The fraction of sp³-hybridized carbons (Fsp3) is 0.273. The van der Waals surface area contributed by atoms with E-state index in [0.29, 0.717) is 11.5 Å². The van der Waals surface area contributed by atoms with Gasteiger partial charge in [-0.05, 0) is 18.2 Å². The molecule has 72 valence electrons. The van der Waals surface area contributed by atoms with Crippen molar-refractivity contribution in [2.24, 2.45) is 0 Å². The lowest BCUT2D eigenvalue weighted by atomic mass is 10.2. The van der Waals surface area contributed by atoms with Gasteiger partial charge in [0.1, 0.15) is 5.82 Å². The normalized spacial score (nSPS) is 20.2. The summed E-state index contributed by atoms with van der Waals surface area (Å²) in [6.07, 6.45) is 2.24. The van der Waals surface area contributed by atoms with Crippen LogP contribution in [0.2, 0.25) is 0 Å². The van der Waals surface area contributed by atoms with E-state index >= 15 is 0 Å². The van der Waals surface area contributed by atoms with E-state index in [0.717, 1.165) is 18.7 Å². The van der Waals surface area contributed by atoms with Crippen molar-refractivity contribution in [3.8, 4) is 0 Å². The van der Waals surface area contributed by atoms with Gasteiger partial charge in [0.15, 0.2) is 0 Å². The highest BCUT2D eigenvalue weighted by Gasteiger charge is 2.23. The molecular formula is C11H10FNO. The van der Waals surface area contributed by atoms with Crippen molar-refractivity contribution >= 4 is 10.9 Å². The second-order valence-electron chi connectivity index (χ2n) is 3.60. The first-order chi connectivity index (χ1) is 6.84. The monoisotopic (exact) mass is 191 g/mol. The molecule has 1 aromatic carbocycles. The summed E-state index contributed by atoms with van der Waals surface area (Å²) in [7, 11) is 0. The van der Waals surface area contributed by atoms with Crippen molar-refractivity contribution in [1.29, 1.82) is 0 Å². The molecule has 0 aliphatic carbocycles. The molecule has 0 spiro atoms. The van der Waals surface area contributed by atoms with E-state index in [4.69, 9.17) is 4.74 Å². The molecule has 0 radical (unpaired) electrons. The molecule has 1 unspecified atom stereocenters. The topological polar surface area (TPSA) is 17.5 Å². The summed E-state index contributed by atoms with van der Waals surface area (Å²) in [6.45, 7) is 1.65. The van der Waals surface area contributed by atoms with E-state index in [2.05, 4.69) is 0 Å². The van der Waals surface area contributed by atoms with Crippen molar-refractivity contribution < 1.29 is 9.13 Å². The predicted octanol–water partition coefficient (Wildman–Crippen LogP) is 2.18. The molecule has 2 aromatic rings. The summed E-state index contributed by atoms with van der Waals surface area (Å²) in [4.78, 5) is 0. The Hall–Kier alpha value is -1.35. The van der Waals surface area contributed by atoms with Gasteiger partial charge in [-0.2, -0.15) is 0 Å². The number of nitrogens with zero attached hydrogens (tertiary/aromatic N) is 1. The fourth-order valence-electron chi connectivity index (χ4n) is 1.74. The van der Waals surface area contributed by atoms with Crippen LogP contribution >= 0.6 is 0 Å². The maximum atomic E-state index is 13.3. The van der Waals surface area contributed by atoms with E-state index in [1.165, 1.54) is 6.07 Å². The first-order valence-electron chi connectivity index (χ1n) is 4.69. The fourth-order valence-corrected chi connectivity index (χ4v) is 1.74. The highest BCUT2D eigenvalue weighted by atomic mass is 19.1. The number of aromatic nitrogens is 1. The summed E-state index contributed by atoms with van der Waals surface area (Å²) >= 11 is 0. The highest BCUT2D eigenvalue weighted by Crippen LogP contribution is 2.21. The number of halogens is 1. The van der Waals surface area contributed by atoms with Crippen LogP contribution in [0.25, 0.3) is 10.9 Å². The molecule has 3 rings (SSSR count). The Bertz CT molecular complexity index is 473. The van der Waals surface area contributed by atoms with Crippen molar-refractivity contribution in [2.45, 2.75) is 12.6 Å².